The van der Waals surface area contributed by atoms with Crippen LogP contribution in [0.15, 0.2) is 45.7 Å². The van der Waals surface area contributed by atoms with Gasteiger partial charge in [-0.15, -0.1) is 11.3 Å². The summed E-state index contributed by atoms with van der Waals surface area (Å²) in [7, 11) is 1.79. The number of thioether (sulfide) groups is 1. The monoisotopic (exact) mass is 302 g/mol. The van der Waals surface area contributed by atoms with Gasteiger partial charge < -0.3 is 0 Å². The van der Waals surface area contributed by atoms with Gasteiger partial charge in [0.1, 0.15) is 4.70 Å². The molecule has 1 aromatic carbocycles. The van der Waals surface area contributed by atoms with Crippen molar-refractivity contribution in [2.24, 2.45) is 7.05 Å². The normalized spacial score (nSPS) is 11.1. The fourth-order valence-electron chi connectivity index (χ4n) is 2.01. The molecule has 2 aromatic heterocycles. The number of rotatable bonds is 3. The van der Waals surface area contributed by atoms with Crippen LogP contribution < -0.4 is 5.56 Å². The van der Waals surface area contributed by atoms with Crippen LogP contribution in [0.25, 0.3) is 10.2 Å². The number of fused-ring (bicyclic) bond motifs is 1. The molecular weight excluding hydrogens is 288 g/mol. The van der Waals surface area contributed by atoms with Gasteiger partial charge in [-0.1, -0.05) is 36.0 Å². The molecule has 3 rings (SSSR count). The van der Waals surface area contributed by atoms with E-state index < -0.39 is 0 Å². The second-order valence-corrected chi connectivity index (χ2v) is 6.47. The van der Waals surface area contributed by atoms with Crippen molar-refractivity contribution in [1.29, 1.82) is 0 Å². The molecule has 3 aromatic rings. The van der Waals surface area contributed by atoms with E-state index in [4.69, 9.17) is 0 Å². The number of nitrogens with zero attached hydrogens (tertiary/aromatic N) is 2. The molecule has 0 N–H and O–H groups in total. The highest BCUT2D eigenvalue weighted by Crippen LogP contribution is 2.24. The highest BCUT2D eigenvalue weighted by atomic mass is 32.2. The minimum atomic E-state index is 0.0392. The summed E-state index contributed by atoms with van der Waals surface area (Å²) in [4.78, 5) is 16.8. The van der Waals surface area contributed by atoms with Crippen molar-refractivity contribution in [3.63, 3.8) is 0 Å². The molecule has 0 radical (unpaired) electrons. The summed E-state index contributed by atoms with van der Waals surface area (Å²) in [6.07, 6.45) is 0. The first-order valence-electron chi connectivity index (χ1n) is 6.28. The van der Waals surface area contributed by atoms with Gasteiger partial charge in [0, 0.05) is 12.8 Å². The van der Waals surface area contributed by atoms with Crippen LogP contribution in [0.5, 0.6) is 0 Å². The lowest BCUT2D eigenvalue weighted by Crippen LogP contribution is -2.18. The Morgan fingerprint density at radius 2 is 2.10 bits per heavy atom. The molecule has 2 heterocycles. The van der Waals surface area contributed by atoms with Crippen molar-refractivity contribution >= 4 is 33.3 Å². The maximum absolute atomic E-state index is 12.2. The van der Waals surface area contributed by atoms with Gasteiger partial charge in [-0.2, -0.15) is 0 Å². The molecule has 0 unspecified atom stereocenters. The van der Waals surface area contributed by atoms with Gasteiger partial charge in [0.05, 0.1) is 5.52 Å². The minimum absolute atomic E-state index is 0.0392. The second kappa shape index (κ2) is 5.42. The fraction of sp³-hybridized carbons (Fsp3) is 0.200. The van der Waals surface area contributed by atoms with E-state index in [2.05, 4.69) is 24.0 Å². The highest BCUT2D eigenvalue weighted by Gasteiger charge is 2.10. The van der Waals surface area contributed by atoms with E-state index in [9.17, 15) is 4.79 Å². The Kier molecular flexibility index (Phi) is 3.63. The minimum Gasteiger partial charge on any atom is -0.290 e. The Morgan fingerprint density at radius 1 is 1.30 bits per heavy atom. The smallest absolute Gasteiger partial charge is 0.271 e. The van der Waals surface area contributed by atoms with Crippen molar-refractivity contribution in [1.82, 2.24) is 9.55 Å². The molecule has 0 saturated carbocycles. The van der Waals surface area contributed by atoms with Gasteiger partial charge in [-0.3, -0.25) is 9.36 Å². The molecule has 20 heavy (non-hydrogen) atoms. The van der Waals surface area contributed by atoms with E-state index in [-0.39, 0.29) is 5.56 Å². The lowest BCUT2D eigenvalue weighted by Gasteiger charge is -2.08. The Hall–Kier alpha value is -1.59. The quantitative estimate of drug-likeness (QED) is 0.548. The Balaban J connectivity index is 1.93. The second-order valence-electron chi connectivity index (χ2n) is 4.61. The topological polar surface area (TPSA) is 34.9 Å². The summed E-state index contributed by atoms with van der Waals surface area (Å²) >= 11 is 3.05. The van der Waals surface area contributed by atoms with Crippen molar-refractivity contribution in [3.05, 3.63) is 57.2 Å². The molecule has 0 atom stereocenters. The molecule has 0 amide bonds. The number of aromatic nitrogens is 2. The molecule has 0 bridgehead atoms. The average molecular weight is 302 g/mol. The van der Waals surface area contributed by atoms with Gasteiger partial charge in [-0.05, 0) is 29.5 Å². The van der Waals surface area contributed by atoms with Gasteiger partial charge in [0.25, 0.3) is 5.56 Å². The van der Waals surface area contributed by atoms with E-state index in [1.54, 1.807) is 23.4 Å². The summed E-state index contributed by atoms with van der Waals surface area (Å²) < 4.78 is 2.37. The Labute approximate surface area is 125 Å². The van der Waals surface area contributed by atoms with Crippen molar-refractivity contribution in [2.45, 2.75) is 17.8 Å². The molecule has 5 heteroatoms. The SMILES string of the molecule is Cc1ccccc1CSc1nc2ccsc2c(=O)n1C. The van der Waals surface area contributed by atoms with Crippen LogP contribution in [0.3, 0.4) is 0 Å². The third-order valence-electron chi connectivity index (χ3n) is 3.26. The van der Waals surface area contributed by atoms with E-state index in [1.807, 2.05) is 23.6 Å². The number of thiophene rings is 1. The van der Waals surface area contributed by atoms with Gasteiger partial charge in [0.2, 0.25) is 0 Å². The maximum atomic E-state index is 12.2. The molecule has 0 aliphatic heterocycles. The molecule has 0 aliphatic rings. The van der Waals surface area contributed by atoms with Gasteiger partial charge in [-0.25, -0.2) is 4.98 Å². The lowest BCUT2D eigenvalue weighted by atomic mass is 10.1. The van der Waals surface area contributed by atoms with Crippen LogP contribution in [0.2, 0.25) is 0 Å². The molecular formula is C15H14N2OS2. The van der Waals surface area contributed by atoms with Gasteiger partial charge >= 0.3 is 0 Å². The lowest BCUT2D eigenvalue weighted by molar-refractivity contribution is 0.728. The zero-order chi connectivity index (χ0) is 14.1. The first-order valence-corrected chi connectivity index (χ1v) is 8.15. The zero-order valence-corrected chi connectivity index (χ0v) is 12.9. The highest BCUT2D eigenvalue weighted by molar-refractivity contribution is 7.98. The van der Waals surface area contributed by atoms with Crippen LogP contribution in [0.4, 0.5) is 0 Å². The molecule has 102 valence electrons. The first kappa shape index (κ1) is 13.4. The van der Waals surface area contributed by atoms with Crippen molar-refractivity contribution in [3.8, 4) is 0 Å². The molecule has 0 spiro atoms. The Morgan fingerprint density at radius 3 is 2.90 bits per heavy atom. The van der Waals surface area contributed by atoms with E-state index in [0.29, 0.717) is 0 Å². The van der Waals surface area contributed by atoms with Crippen LogP contribution in [-0.2, 0) is 12.8 Å². The average Bonchev–Trinajstić information content (AvgIpc) is 2.91. The van der Waals surface area contributed by atoms with Crippen LogP contribution in [0.1, 0.15) is 11.1 Å². The largest absolute Gasteiger partial charge is 0.290 e. The summed E-state index contributed by atoms with van der Waals surface area (Å²) in [5.74, 6) is 0.822. The summed E-state index contributed by atoms with van der Waals surface area (Å²) in [5.41, 5.74) is 3.38. The third kappa shape index (κ3) is 2.39. The third-order valence-corrected chi connectivity index (χ3v) is 5.23. The number of benzene rings is 1. The van der Waals surface area contributed by atoms with E-state index in [0.717, 1.165) is 21.1 Å². The van der Waals surface area contributed by atoms with Crippen molar-refractivity contribution in [2.75, 3.05) is 0 Å². The van der Waals surface area contributed by atoms with Crippen LogP contribution in [0, 0.1) is 6.92 Å². The summed E-state index contributed by atoms with van der Waals surface area (Å²) in [6, 6.07) is 10.2. The van der Waals surface area contributed by atoms with E-state index in [1.165, 1.54) is 22.5 Å². The van der Waals surface area contributed by atoms with Gasteiger partial charge in [0.15, 0.2) is 5.16 Å². The van der Waals surface area contributed by atoms with E-state index >= 15 is 0 Å². The standard InChI is InChI=1S/C15H14N2OS2/c1-10-5-3-4-6-11(10)9-20-15-16-12-7-8-19-13(12)14(18)17(15)2/h3-8H,9H2,1-2H3. The molecule has 0 fully saturated rings. The molecule has 0 saturated heterocycles. The van der Waals surface area contributed by atoms with Crippen LogP contribution in [-0.4, -0.2) is 9.55 Å². The molecule has 0 aliphatic carbocycles. The number of aryl methyl sites for hydroxylation is 1. The maximum Gasteiger partial charge on any atom is 0.271 e. The van der Waals surface area contributed by atoms with Crippen LogP contribution >= 0.6 is 23.1 Å². The zero-order valence-electron chi connectivity index (χ0n) is 11.3. The predicted molar refractivity (Wildman–Crippen MR) is 85.6 cm³/mol. The summed E-state index contributed by atoms with van der Waals surface area (Å²) in [5, 5.41) is 2.68. The summed E-state index contributed by atoms with van der Waals surface area (Å²) in [6.45, 7) is 2.10. The molecule has 3 nitrogen and oxygen atoms in total. The predicted octanol–water partition coefficient (Wildman–Crippen LogP) is 3.60. The first-order chi connectivity index (χ1) is 9.66. The Bertz CT molecular complexity index is 820. The number of hydrogen-bond acceptors (Lipinski definition) is 4. The van der Waals surface area contributed by atoms with Crippen molar-refractivity contribution < 1.29 is 0 Å². The number of hydrogen-bond donors (Lipinski definition) is 0. The fourth-order valence-corrected chi connectivity index (χ4v) is 3.86.